The summed E-state index contributed by atoms with van der Waals surface area (Å²) < 4.78 is 40.1. The zero-order valence-electron chi connectivity index (χ0n) is 12.2. The SMILES string of the molecule is CSc1ccc(C(CC(=O)O)NC(=O)COCC(F)(F)F)cc1. The highest BCUT2D eigenvalue weighted by molar-refractivity contribution is 7.98. The van der Waals surface area contributed by atoms with Crippen molar-refractivity contribution in [3.8, 4) is 0 Å². The lowest BCUT2D eigenvalue weighted by molar-refractivity contribution is -0.175. The van der Waals surface area contributed by atoms with Crippen LogP contribution in [0.15, 0.2) is 29.2 Å². The fourth-order valence-electron chi connectivity index (χ4n) is 1.76. The molecule has 0 spiro atoms. The molecule has 128 valence electrons. The van der Waals surface area contributed by atoms with Gasteiger partial charge in [-0.2, -0.15) is 13.2 Å². The molecule has 23 heavy (non-hydrogen) atoms. The number of carbonyl (C=O) groups excluding carboxylic acids is 1. The molecule has 1 rings (SSSR count). The molecule has 1 unspecified atom stereocenters. The number of carboxylic acids is 1. The quantitative estimate of drug-likeness (QED) is 0.704. The van der Waals surface area contributed by atoms with Crippen LogP contribution in [0.25, 0.3) is 0 Å². The van der Waals surface area contributed by atoms with E-state index in [9.17, 15) is 22.8 Å². The molecule has 1 aromatic rings. The van der Waals surface area contributed by atoms with Crippen molar-refractivity contribution >= 4 is 23.6 Å². The highest BCUT2D eigenvalue weighted by atomic mass is 32.2. The Morgan fingerprint density at radius 2 is 1.91 bits per heavy atom. The molecule has 5 nitrogen and oxygen atoms in total. The van der Waals surface area contributed by atoms with Gasteiger partial charge in [-0.15, -0.1) is 11.8 Å². The normalized spacial score (nSPS) is 12.7. The second kappa shape index (κ2) is 8.78. The average molecular weight is 351 g/mol. The maximum Gasteiger partial charge on any atom is 0.411 e. The second-order valence-electron chi connectivity index (χ2n) is 4.60. The molecule has 0 saturated carbocycles. The maximum atomic E-state index is 11.9. The monoisotopic (exact) mass is 351 g/mol. The summed E-state index contributed by atoms with van der Waals surface area (Å²) in [5.41, 5.74) is 0.550. The lowest BCUT2D eigenvalue weighted by atomic mass is 10.0. The van der Waals surface area contributed by atoms with Crippen LogP contribution in [0.4, 0.5) is 13.2 Å². The van der Waals surface area contributed by atoms with Gasteiger partial charge in [0, 0.05) is 4.90 Å². The summed E-state index contributed by atoms with van der Waals surface area (Å²) >= 11 is 1.50. The standard InChI is InChI=1S/C14H16F3NO4S/c1-23-10-4-2-9(3-5-10)11(6-13(20)21)18-12(19)7-22-8-14(15,16)17/h2-5,11H,6-8H2,1H3,(H,18,19)(H,20,21). The number of aliphatic carboxylic acids is 1. The van der Waals surface area contributed by atoms with Crippen molar-refractivity contribution in [3.63, 3.8) is 0 Å². The molecule has 0 saturated heterocycles. The summed E-state index contributed by atoms with van der Waals surface area (Å²) in [6, 6.07) is 6.01. The number of carbonyl (C=O) groups is 2. The smallest absolute Gasteiger partial charge is 0.411 e. The van der Waals surface area contributed by atoms with Crippen LogP contribution in [-0.4, -0.2) is 42.6 Å². The Balaban J connectivity index is 2.66. The molecule has 0 aliphatic carbocycles. The average Bonchev–Trinajstić information content (AvgIpc) is 2.45. The van der Waals surface area contributed by atoms with Gasteiger partial charge in [0.05, 0.1) is 12.5 Å². The third-order valence-corrected chi connectivity index (χ3v) is 3.47. The van der Waals surface area contributed by atoms with Crippen molar-refractivity contribution in [2.24, 2.45) is 0 Å². The van der Waals surface area contributed by atoms with E-state index < -0.39 is 37.3 Å². The van der Waals surface area contributed by atoms with Crippen LogP contribution in [0.5, 0.6) is 0 Å². The molecular weight excluding hydrogens is 335 g/mol. The van der Waals surface area contributed by atoms with Crippen molar-refractivity contribution in [1.29, 1.82) is 0 Å². The van der Waals surface area contributed by atoms with E-state index in [4.69, 9.17) is 5.11 Å². The summed E-state index contributed by atoms with van der Waals surface area (Å²) in [7, 11) is 0. The van der Waals surface area contributed by atoms with Crippen molar-refractivity contribution in [3.05, 3.63) is 29.8 Å². The third kappa shape index (κ3) is 7.89. The summed E-state index contributed by atoms with van der Waals surface area (Å²) in [5.74, 6) is -1.95. The van der Waals surface area contributed by atoms with Gasteiger partial charge in [-0.25, -0.2) is 0 Å². The number of halogens is 3. The van der Waals surface area contributed by atoms with Crippen LogP contribution < -0.4 is 5.32 Å². The Labute approximate surface area is 135 Å². The van der Waals surface area contributed by atoms with E-state index in [2.05, 4.69) is 10.1 Å². The number of ether oxygens (including phenoxy) is 1. The van der Waals surface area contributed by atoms with Crippen LogP contribution >= 0.6 is 11.8 Å². The van der Waals surface area contributed by atoms with Crippen molar-refractivity contribution in [2.75, 3.05) is 19.5 Å². The molecule has 0 fully saturated rings. The summed E-state index contributed by atoms with van der Waals surface area (Å²) in [6.45, 7) is -2.33. The van der Waals surface area contributed by atoms with E-state index in [1.54, 1.807) is 24.3 Å². The third-order valence-electron chi connectivity index (χ3n) is 2.73. The Bertz CT molecular complexity index is 534. The minimum Gasteiger partial charge on any atom is -0.481 e. The summed E-state index contributed by atoms with van der Waals surface area (Å²) in [6.07, 6.45) is -3.03. The number of benzene rings is 1. The predicted molar refractivity (Wildman–Crippen MR) is 78.2 cm³/mol. The van der Waals surface area contributed by atoms with Gasteiger partial charge in [-0.1, -0.05) is 12.1 Å². The minimum atomic E-state index is -4.52. The molecule has 0 heterocycles. The Hall–Kier alpha value is -1.74. The highest BCUT2D eigenvalue weighted by Gasteiger charge is 2.28. The van der Waals surface area contributed by atoms with Gasteiger partial charge >= 0.3 is 12.1 Å². The molecule has 0 aliphatic heterocycles. The van der Waals surface area contributed by atoms with Gasteiger partial charge in [0.1, 0.15) is 13.2 Å². The number of nitrogens with one attached hydrogen (secondary N) is 1. The Morgan fingerprint density at radius 3 is 2.39 bits per heavy atom. The minimum absolute atomic E-state index is 0.385. The van der Waals surface area contributed by atoms with Crippen LogP contribution in [0.3, 0.4) is 0 Å². The lowest BCUT2D eigenvalue weighted by Crippen LogP contribution is -2.34. The second-order valence-corrected chi connectivity index (χ2v) is 5.48. The zero-order chi connectivity index (χ0) is 17.5. The Kier molecular flexibility index (Phi) is 7.37. The van der Waals surface area contributed by atoms with E-state index in [0.717, 1.165) is 4.90 Å². The van der Waals surface area contributed by atoms with Crippen molar-refractivity contribution < 1.29 is 32.6 Å². The number of hydrogen-bond acceptors (Lipinski definition) is 4. The first-order valence-electron chi connectivity index (χ1n) is 6.51. The number of hydrogen-bond donors (Lipinski definition) is 2. The highest BCUT2D eigenvalue weighted by Crippen LogP contribution is 2.21. The first-order chi connectivity index (χ1) is 10.7. The van der Waals surface area contributed by atoms with E-state index >= 15 is 0 Å². The van der Waals surface area contributed by atoms with Gasteiger partial charge in [0.25, 0.3) is 0 Å². The number of alkyl halides is 3. The first kappa shape index (κ1) is 19.3. The van der Waals surface area contributed by atoms with Crippen LogP contribution in [0.1, 0.15) is 18.0 Å². The molecule has 0 aliphatic rings. The van der Waals surface area contributed by atoms with Gasteiger partial charge in [-0.3, -0.25) is 9.59 Å². The van der Waals surface area contributed by atoms with E-state index in [0.29, 0.717) is 5.56 Å². The molecular formula is C14H16F3NO4S. The summed E-state index contributed by atoms with van der Waals surface area (Å²) in [4.78, 5) is 23.5. The van der Waals surface area contributed by atoms with Crippen molar-refractivity contribution in [1.82, 2.24) is 5.32 Å². The Morgan fingerprint density at radius 1 is 1.30 bits per heavy atom. The number of rotatable bonds is 8. The van der Waals surface area contributed by atoms with Gasteiger partial charge in [0.2, 0.25) is 5.91 Å². The molecule has 9 heteroatoms. The molecule has 1 amide bonds. The van der Waals surface area contributed by atoms with Crippen molar-refractivity contribution in [2.45, 2.75) is 23.5 Å². The molecule has 1 atom stereocenters. The number of amides is 1. The molecule has 0 radical (unpaired) electrons. The van der Waals surface area contributed by atoms with Gasteiger partial charge in [0.15, 0.2) is 0 Å². The predicted octanol–water partition coefficient (Wildman–Crippen LogP) is 2.62. The summed E-state index contributed by atoms with van der Waals surface area (Å²) in [5, 5.41) is 11.3. The molecule has 0 aromatic heterocycles. The van der Waals surface area contributed by atoms with E-state index in [1.165, 1.54) is 11.8 Å². The number of thioether (sulfide) groups is 1. The molecule has 1 aromatic carbocycles. The maximum absolute atomic E-state index is 11.9. The van der Waals surface area contributed by atoms with Crippen LogP contribution in [0.2, 0.25) is 0 Å². The van der Waals surface area contributed by atoms with Gasteiger partial charge < -0.3 is 15.2 Å². The molecule has 2 N–H and O–H groups in total. The fraction of sp³-hybridized carbons (Fsp3) is 0.429. The zero-order valence-corrected chi connectivity index (χ0v) is 13.0. The van der Waals surface area contributed by atoms with Crippen LogP contribution in [-0.2, 0) is 14.3 Å². The first-order valence-corrected chi connectivity index (χ1v) is 7.73. The van der Waals surface area contributed by atoms with E-state index in [-0.39, 0.29) is 6.42 Å². The fourth-order valence-corrected chi connectivity index (χ4v) is 2.17. The lowest BCUT2D eigenvalue weighted by Gasteiger charge is -2.18. The van der Waals surface area contributed by atoms with Crippen LogP contribution in [0, 0.1) is 0 Å². The largest absolute Gasteiger partial charge is 0.481 e. The van der Waals surface area contributed by atoms with E-state index in [1.807, 2.05) is 6.26 Å². The topological polar surface area (TPSA) is 75.6 Å². The number of carboxylic acid groups (broad SMARTS) is 1. The van der Waals surface area contributed by atoms with Gasteiger partial charge in [-0.05, 0) is 24.0 Å². The molecule has 0 bridgehead atoms.